The topological polar surface area (TPSA) is 46.6 Å². The average molecular weight is 363 g/mol. The number of fused-ring (bicyclic) bond motifs is 5. The molecule has 4 nitrogen and oxygen atoms in total. The molecule has 26 heavy (non-hydrogen) atoms. The summed E-state index contributed by atoms with van der Waals surface area (Å²) in [6.07, 6.45) is 7.54. The van der Waals surface area contributed by atoms with Crippen LogP contribution in [0.4, 0.5) is 4.39 Å². The van der Waals surface area contributed by atoms with E-state index in [1.54, 1.807) is 18.0 Å². The van der Waals surface area contributed by atoms with Crippen molar-refractivity contribution in [3.05, 3.63) is 11.9 Å². The molecule has 4 rings (SSSR count). The first-order chi connectivity index (χ1) is 12.2. The van der Waals surface area contributed by atoms with Crippen molar-refractivity contribution in [3.63, 3.8) is 0 Å². The van der Waals surface area contributed by atoms with Crippen LogP contribution in [0.2, 0.25) is 0 Å². The zero-order valence-corrected chi connectivity index (χ0v) is 16.3. The Morgan fingerprint density at radius 2 is 1.92 bits per heavy atom. The Kier molecular flexibility index (Phi) is 4.02. The van der Waals surface area contributed by atoms with Crippen LogP contribution in [0.25, 0.3) is 0 Å². The Labute approximate surface area is 155 Å². The van der Waals surface area contributed by atoms with Crippen LogP contribution in [0.15, 0.2) is 11.9 Å². The summed E-state index contributed by atoms with van der Waals surface area (Å²) in [7, 11) is 3.23. The summed E-state index contributed by atoms with van der Waals surface area (Å²) >= 11 is 0. The van der Waals surface area contributed by atoms with Gasteiger partial charge in [0.2, 0.25) is 0 Å². The first-order valence-electron chi connectivity index (χ1n) is 9.97. The van der Waals surface area contributed by atoms with Crippen LogP contribution in [0.5, 0.6) is 0 Å². The molecule has 1 amide bonds. The highest BCUT2D eigenvalue weighted by Crippen LogP contribution is 2.65. The van der Waals surface area contributed by atoms with E-state index in [0.29, 0.717) is 17.8 Å². The van der Waals surface area contributed by atoms with Gasteiger partial charge < -0.3 is 9.64 Å². The summed E-state index contributed by atoms with van der Waals surface area (Å²) in [6.45, 7) is 4.41. The number of hydrogen-bond donors (Lipinski definition) is 0. The molecular weight excluding hydrogens is 333 g/mol. The number of methoxy groups -OCH3 is 1. The Morgan fingerprint density at radius 1 is 1.19 bits per heavy atom. The van der Waals surface area contributed by atoms with E-state index >= 15 is 0 Å². The second kappa shape index (κ2) is 5.80. The zero-order chi connectivity index (χ0) is 18.9. The number of halogens is 1. The number of amides is 1. The quantitative estimate of drug-likeness (QED) is 0.667. The summed E-state index contributed by atoms with van der Waals surface area (Å²) < 4.78 is 19.5. The van der Waals surface area contributed by atoms with Crippen LogP contribution in [0.3, 0.4) is 0 Å². The monoisotopic (exact) mass is 363 g/mol. The van der Waals surface area contributed by atoms with Crippen molar-refractivity contribution >= 4 is 11.9 Å². The van der Waals surface area contributed by atoms with Crippen molar-refractivity contribution in [3.8, 4) is 0 Å². The zero-order valence-electron chi connectivity index (χ0n) is 16.3. The largest absolute Gasteiger partial charge is 0.469 e. The molecule has 5 heteroatoms. The number of carbonyl (C=O) groups excluding carboxylic acids is 2. The first-order valence-corrected chi connectivity index (χ1v) is 9.97. The van der Waals surface area contributed by atoms with Gasteiger partial charge >= 0.3 is 5.97 Å². The molecule has 0 spiro atoms. The van der Waals surface area contributed by atoms with Gasteiger partial charge in [-0.3, -0.25) is 9.59 Å². The third kappa shape index (κ3) is 2.18. The molecule has 0 N–H and O–H groups in total. The van der Waals surface area contributed by atoms with E-state index in [4.69, 9.17) is 4.74 Å². The lowest BCUT2D eigenvalue weighted by molar-refractivity contribution is -0.156. The van der Waals surface area contributed by atoms with Gasteiger partial charge in [-0.2, -0.15) is 0 Å². The molecule has 0 bridgehead atoms. The first kappa shape index (κ1) is 18.0. The van der Waals surface area contributed by atoms with E-state index < -0.39 is 11.7 Å². The van der Waals surface area contributed by atoms with Gasteiger partial charge in [0.15, 0.2) is 5.83 Å². The standard InChI is InChI=1S/C21H30FNO3/c1-20-10-9-14-12(13(20)6-7-15(20)19(25)26-4)5-8-17-21(14,2)11-16(22)18(24)23(17)3/h11-15,17H,5-10H2,1-4H3/t12-,13-,14-,15+,17+,20-,21+/m0/s1. The van der Waals surface area contributed by atoms with Crippen molar-refractivity contribution in [1.29, 1.82) is 0 Å². The van der Waals surface area contributed by atoms with Gasteiger partial charge in [-0.05, 0) is 67.8 Å². The van der Waals surface area contributed by atoms with E-state index in [2.05, 4.69) is 13.8 Å². The number of rotatable bonds is 1. The maximum atomic E-state index is 14.4. The van der Waals surface area contributed by atoms with E-state index in [0.717, 1.165) is 38.5 Å². The third-order valence-electron chi connectivity index (χ3n) is 8.64. The molecule has 4 aliphatic rings. The predicted molar refractivity (Wildman–Crippen MR) is 95.6 cm³/mol. The van der Waals surface area contributed by atoms with Gasteiger partial charge in [0.05, 0.1) is 13.0 Å². The SMILES string of the molecule is COC(=O)[C@H]1CC[C@H]2[C@@H]3CC[C@H]4N(C)C(=O)C(F)=C[C@]4(C)[C@H]3CC[C@]12C. The van der Waals surface area contributed by atoms with Crippen molar-refractivity contribution in [2.45, 2.75) is 58.4 Å². The number of ether oxygens (including phenoxy) is 1. The molecule has 0 unspecified atom stereocenters. The second-order valence-electron chi connectivity index (χ2n) is 9.44. The molecule has 144 valence electrons. The summed E-state index contributed by atoms with van der Waals surface area (Å²) in [4.78, 5) is 26.1. The minimum absolute atomic E-state index is 0.00387. The highest BCUT2D eigenvalue weighted by Gasteiger charge is 2.62. The molecule has 0 saturated heterocycles. The Morgan fingerprint density at radius 3 is 2.62 bits per heavy atom. The molecule has 3 aliphatic carbocycles. The Hall–Kier alpha value is -1.39. The summed E-state index contributed by atoms with van der Waals surface area (Å²) in [5, 5.41) is 0. The van der Waals surface area contributed by atoms with Crippen LogP contribution < -0.4 is 0 Å². The minimum Gasteiger partial charge on any atom is -0.469 e. The lowest BCUT2D eigenvalue weighted by Gasteiger charge is -2.60. The highest BCUT2D eigenvalue weighted by atomic mass is 19.1. The van der Waals surface area contributed by atoms with E-state index in [1.165, 1.54) is 7.11 Å². The van der Waals surface area contributed by atoms with E-state index in [9.17, 15) is 14.0 Å². The maximum absolute atomic E-state index is 14.4. The molecule has 7 atom stereocenters. The normalized spacial score (nSPS) is 47.6. The van der Waals surface area contributed by atoms with Crippen LogP contribution in [0, 0.1) is 34.5 Å². The van der Waals surface area contributed by atoms with Crippen LogP contribution in [-0.2, 0) is 14.3 Å². The van der Waals surface area contributed by atoms with Crippen LogP contribution in [0.1, 0.15) is 52.4 Å². The minimum atomic E-state index is -0.598. The fraction of sp³-hybridized carbons (Fsp3) is 0.810. The van der Waals surface area contributed by atoms with Crippen molar-refractivity contribution < 1.29 is 18.7 Å². The Balaban J connectivity index is 1.68. The summed E-state index contributed by atoms with van der Waals surface area (Å²) in [6, 6.07) is 0.0814. The van der Waals surface area contributed by atoms with Gasteiger partial charge in [-0.25, -0.2) is 4.39 Å². The third-order valence-corrected chi connectivity index (χ3v) is 8.64. The number of likely N-dealkylation sites (N-methyl/N-ethyl adjacent to an activating group) is 1. The van der Waals surface area contributed by atoms with Gasteiger partial charge in [-0.15, -0.1) is 0 Å². The smallest absolute Gasteiger partial charge is 0.309 e. The molecule has 3 fully saturated rings. The molecule has 0 aromatic carbocycles. The van der Waals surface area contributed by atoms with Crippen molar-refractivity contribution in [2.75, 3.05) is 14.2 Å². The lowest BCUT2D eigenvalue weighted by Crippen LogP contribution is -2.60. The molecule has 3 saturated carbocycles. The number of carbonyl (C=O) groups is 2. The predicted octanol–water partition coefficient (Wildman–Crippen LogP) is 3.71. The molecule has 1 aliphatic heterocycles. The molecule has 1 heterocycles. The molecule has 0 aromatic heterocycles. The van der Waals surface area contributed by atoms with Crippen LogP contribution in [-0.4, -0.2) is 37.0 Å². The lowest BCUT2D eigenvalue weighted by atomic mass is 9.47. The molecule has 0 aromatic rings. The fourth-order valence-corrected chi connectivity index (χ4v) is 7.36. The van der Waals surface area contributed by atoms with Gasteiger partial charge in [-0.1, -0.05) is 13.8 Å². The van der Waals surface area contributed by atoms with Crippen molar-refractivity contribution in [2.24, 2.45) is 34.5 Å². The van der Waals surface area contributed by atoms with E-state index in [1.807, 2.05) is 0 Å². The fourth-order valence-electron chi connectivity index (χ4n) is 7.36. The number of hydrogen-bond acceptors (Lipinski definition) is 3. The van der Waals surface area contributed by atoms with Crippen LogP contribution >= 0.6 is 0 Å². The van der Waals surface area contributed by atoms with E-state index in [-0.39, 0.29) is 28.8 Å². The highest BCUT2D eigenvalue weighted by molar-refractivity contribution is 5.92. The van der Waals surface area contributed by atoms with Gasteiger partial charge in [0.25, 0.3) is 5.91 Å². The molecular formula is C21H30FNO3. The molecule has 0 radical (unpaired) electrons. The summed E-state index contributed by atoms with van der Waals surface area (Å²) in [5.74, 6) is 0.210. The average Bonchev–Trinajstić information content (AvgIpc) is 2.96. The van der Waals surface area contributed by atoms with Gasteiger partial charge in [0, 0.05) is 18.5 Å². The number of esters is 1. The number of nitrogens with zero attached hydrogens (tertiary/aromatic N) is 1. The van der Waals surface area contributed by atoms with Crippen molar-refractivity contribution in [1.82, 2.24) is 4.90 Å². The summed E-state index contributed by atoms with van der Waals surface area (Å²) in [5.41, 5.74) is -0.309. The second-order valence-corrected chi connectivity index (χ2v) is 9.44. The Bertz CT molecular complexity index is 676. The maximum Gasteiger partial charge on any atom is 0.309 e. The van der Waals surface area contributed by atoms with Gasteiger partial charge in [0.1, 0.15) is 0 Å².